The molecule has 156 valence electrons. The summed E-state index contributed by atoms with van der Waals surface area (Å²) < 4.78 is 33.6. The number of ether oxygens (including phenoxy) is 1. The minimum Gasteiger partial charge on any atom is -0.381 e. The number of nitrogens with zero attached hydrogens (tertiary/aromatic N) is 2. The molecule has 0 saturated carbocycles. The van der Waals surface area contributed by atoms with Crippen LogP contribution in [0.25, 0.3) is 11.1 Å². The van der Waals surface area contributed by atoms with E-state index in [0.717, 1.165) is 49.9 Å². The standard InChI is InChI=1S/C23H30N2O3S/c1-28-22-12-14-24(15-13-22)21-10-16-25(17-11-21)29(26,27)23-9-5-8-20(18-23)19-6-3-2-4-7-19/h2-9,18,21-22H,10-17H2,1H3. The first-order valence-electron chi connectivity index (χ1n) is 10.5. The third-order valence-corrected chi connectivity index (χ3v) is 8.22. The molecule has 2 aliphatic rings. The summed E-state index contributed by atoms with van der Waals surface area (Å²) >= 11 is 0. The van der Waals surface area contributed by atoms with Crippen molar-refractivity contribution in [1.82, 2.24) is 9.21 Å². The average Bonchev–Trinajstić information content (AvgIpc) is 2.80. The molecule has 2 heterocycles. The van der Waals surface area contributed by atoms with Crippen LogP contribution in [0.1, 0.15) is 25.7 Å². The zero-order valence-corrected chi connectivity index (χ0v) is 17.9. The molecule has 5 nitrogen and oxygen atoms in total. The molecule has 0 spiro atoms. The number of benzene rings is 2. The first-order valence-corrected chi connectivity index (χ1v) is 11.9. The molecule has 0 radical (unpaired) electrons. The fourth-order valence-electron chi connectivity index (χ4n) is 4.54. The van der Waals surface area contributed by atoms with Crippen molar-refractivity contribution >= 4 is 10.0 Å². The maximum Gasteiger partial charge on any atom is 0.243 e. The molecule has 0 atom stereocenters. The Balaban J connectivity index is 1.42. The molecule has 6 heteroatoms. The molecule has 4 rings (SSSR count). The Labute approximate surface area is 174 Å². The smallest absolute Gasteiger partial charge is 0.243 e. The van der Waals surface area contributed by atoms with E-state index in [4.69, 9.17) is 4.74 Å². The largest absolute Gasteiger partial charge is 0.381 e. The molecule has 2 saturated heterocycles. The summed E-state index contributed by atoms with van der Waals surface area (Å²) in [5.41, 5.74) is 1.96. The number of hydrogen-bond donors (Lipinski definition) is 0. The van der Waals surface area contributed by atoms with Crippen molar-refractivity contribution in [3.05, 3.63) is 54.6 Å². The summed E-state index contributed by atoms with van der Waals surface area (Å²) in [5.74, 6) is 0. The molecule has 0 bridgehead atoms. The van der Waals surface area contributed by atoms with E-state index in [2.05, 4.69) is 4.90 Å². The zero-order chi connectivity index (χ0) is 20.3. The van der Waals surface area contributed by atoms with Gasteiger partial charge >= 0.3 is 0 Å². The van der Waals surface area contributed by atoms with Gasteiger partial charge in [-0.05, 0) is 48.9 Å². The Bertz CT molecular complexity index is 901. The van der Waals surface area contributed by atoms with Gasteiger partial charge in [-0.3, -0.25) is 0 Å². The van der Waals surface area contributed by atoms with Crippen molar-refractivity contribution in [2.24, 2.45) is 0 Å². The predicted molar refractivity (Wildman–Crippen MR) is 115 cm³/mol. The fourth-order valence-corrected chi connectivity index (χ4v) is 6.06. The Morgan fingerprint density at radius 2 is 1.48 bits per heavy atom. The normalized spacial score (nSPS) is 20.7. The number of sulfonamides is 1. The first kappa shape index (κ1) is 20.5. The van der Waals surface area contributed by atoms with E-state index in [9.17, 15) is 8.42 Å². The molecule has 2 aromatic rings. The SMILES string of the molecule is COC1CCN(C2CCN(S(=O)(=O)c3cccc(-c4ccccc4)c3)CC2)CC1. The lowest BCUT2D eigenvalue weighted by molar-refractivity contribution is 0.0190. The summed E-state index contributed by atoms with van der Waals surface area (Å²) in [4.78, 5) is 2.91. The molecular weight excluding hydrogens is 384 g/mol. The van der Waals surface area contributed by atoms with Crippen molar-refractivity contribution in [2.45, 2.75) is 42.7 Å². The highest BCUT2D eigenvalue weighted by molar-refractivity contribution is 7.89. The third-order valence-electron chi connectivity index (χ3n) is 6.33. The summed E-state index contributed by atoms with van der Waals surface area (Å²) in [7, 11) is -1.68. The average molecular weight is 415 g/mol. The van der Waals surface area contributed by atoms with Crippen LogP contribution in [0.5, 0.6) is 0 Å². The molecule has 2 aromatic carbocycles. The topological polar surface area (TPSA) is 49.9 Å². The van der Waals surface area contributed by atoms with Crippen molar-refractivity contribution in [3.63, 3.8) is 0 Å². The van der Waals surface area contributed by atoms with Gasteiger partial charge in [0, 0.05) is 39.3 Å². The number of rotatable bonds is 5. The Morgan fingerprint density at radius 3 is 2.14 bits per heavy atom. The van der Waals surface area contributed by atoms with Crippen LogP contribution in [0.2, 0.25) is 0 Å². The quantitative estimate of drug-likeness (QED) is 0.750. The van der Waals surface area contributed by atoms with Gasteiger partial charge in [0.15, 0.2) is 0 Å². The van der Waals surface area contributed by atoms with Crippen LogP contribution < -0.4 is 0 Å². The fraction of sp³-hybridized carbons (Fsp3) is 0.478. The van der Waals surface area contributed by atoms with E-state index in [1.807, 2.05) is 42.5 Å². The second-order valence-electron chi connectivity index (χ2n) is 8.00. The van der Waals surface area contributed by atoms with E-state index >= 15 is 0 Å². The molecule has 0 N–H and O–H groups in total. The zero-order valence-electron chi connectivity index (χ0n) is 17.0. The number of methoxy groups -OCH3 is 1. The monoisotopic (exact) mass is 414 g/mol. The highest BCUT2D eigenvalue weighted by atomic mass is 32.2. The van der Waals surface area contributed by atoms with Crippen LogP contribution in [0, 0.1) is 0 Å². The van der Waals surface area contributed by atoms with Crippen LogP contribution >= 0.6 is 0 Å². The second-order valence-corrected chi connectivity index (χ2v) is 9.94. The summed E-state index contributed by atoms with van der Waals surface area (Å²) in [5, 5.41) is 0. The Kier molecular flexibility index (Phi) is 6.35. The van der Waals surface area contributed by atoms with Gasteiger partial charge in [-0.1, -0.05) is 42.5 Å². The van der Waals surface area contributed by atoms with Gasteiger partial charge in [0.25, 0.3) is 0 Å². The second kappa shape index (κ2) is 8.96. The van der Waals surface area contributed by atoms with Gasteiger partial charge in [0.1, 0.15) is 0 Å². The van der Waals surface area contributed by atoms with Crippen LogP contribution in [0.4, 0.5) is 0 Å². The summed E-state index contributed by atoms with van der Waals surface area (Å²) in [6.07, 6.45) is 4.32. The summed E-state index contributed by atoms with van der Waals surface area (Å²) in [6, 6.07) is 17.7. The summed E-state index contributed by atoms with van der Waals surface area (Å²) in [6.45, 7) is 3.28. The van der Waals surface area contributed by atoms with Crippen LogP contribution in [0.3, 0.4) is 0 Å². The molecule has 2 fully saturated rings. The first-order chi connectivity index (χ1) is 14.1. The van der Waals surface area contributed by atoms with Crippen molar-refractivity contribution in [1.29, 1.82) is 0 Å². The van der Waals surface area contributed by atoms with Crippen LogP contribution in [0.15, 0.2) is 59.5 Å². The van der Waals surface area contributed by atoms with Crippen molar-refractivity contribution < 1.29 is 13.2 Å². The molecule has 2 aliphatic heterocycles. The third kappa shape index (κ3) is 4.56. The van der Waals surface area contributed by atoms with Gasteiger partial charge in [-0.25, -0.2) is 8.42 Å². The van der Waals surface area contributed by atoms with E-state index in [1.54, 1.807) is 23.5 Å². The Morgan fingerprint density at radius 1 is 0.828 bits per heavy atom. The van der Waals surface area contributed by atoms with Crippen LogP contribution in [-0.4, -0.2) is 63.1 Å². The molecule has 29 heavy (non-hydrogen) atoms. The van der Waals surface area contributed by atoms with Gasteiger partial charge in [-0.2, -0.15) is 4.31 Å². The van der Waals surface area contributed by atoms with E-state index in [-0.39, 0.29) is 0 Å². The highest BCUT2D eigenvalue weighted by Gasteiger charge is 2.33. The Hall–Kier alpha value is -1.73. The number of piperidine rings is 2. The lowest BCUT2D eigenvalue weighted by Gasteiger charge is -2.41. The van der Waals surface area contributed by atoms with Crippen molar-refractivity contribution in [2.75, 3.05) is 33.3 Å². The lowest BCUT2D eigenvalue weighted by atomic mass is 10.00. The van der Waals surface area contributed by atoms with Crippen LogP contribution in [-0.2, 0) is 14.8 Å². The molecule has 0 aromatic heterocycles. The maximum absolute atomic E-state index is 13.2. The lowest BCUT2D eigenvalue weighted by Crippen LogP contribution is -2.49. The predicted octanol–water partition coefficient (Wildman–Crippen LogP) is 3.62. The van der Waals surface area contributed by atoms with Gasteiger partial charge in [-0.15, -0.1) is 0 Å². The molecular formula is C23H30N2O3S. The van der Waals surface area contributed by atoms with Gasteiger partial charge < -0.3 is 9.64 Å². The highest BCUT2D eigenvalue weighted by Crippen LogP contribution is 2.28. The minimum atomic E-state index is -3.46. The van der Waals surface area contributed by atoms with E-state index in [1.165, 1.54) is 0 Å². The number of hydrogen-bond acceptors (Lipinski definition) is 4. The molecule has 0 unspecified atom stereocenters. The van der Waals surface area contributed by atoms with Gasteiger partial charge in [0.05, 0.1) is 11.0 Å². The maximum atomic E-state index is 13.2. The van der Waals surface area contributed by atoms with Gasteiger partial charge in [0.2, 0.25) is 10.0 Å². The van der Waals surface area contributed by atoms with E-state index < -0.39 is 10.0 Å². The van der Waals surface area contributed by atoms with E-state index in [0.29, 0.717) is 30.1 Å². The van der Waals surface area contributed by atoms with Crippen molar-refractivity contribution in [3.8, 4) is 11.1 Å². The molecule has 0 aliphatic carbocycles. The minimum absolute atomic E-state index is 0.378. The number of likely N-dealkylation sites (tertiary alicyclic amines) is 1. The molecule has 0 amide bonds.